The van der Waals surface area contributed by atoms with Gasteiger partial charge in [0.25, 0.3) is 0 Å². The van der Waals surface area contributed by atoms with Crippen LogP contribution in [0.4, 0.5) is 4.39 Å². The standard InChI is InChI=1S/C30H37FN4O/c1-21-6-2-3-7-22(21)10-13-29(36)32-19-24-8-4-5-9-25(24)20-35-16-14-23(15-17-35)30-27-12-11-26(31)18-28(27)33-34-30/h2-3,6-7,10-13,18,23-25H,4-5,8-9,14-17,19-20H2,1H3,(H,32,36)(H,33,34)/b13-10+/t24-,25-/m0/s1. The predicted molar refractivity (Wildman–Crippen MR) is 143 cm³/mol. The number of nitrogens with one attached hydrogen (secondary N) is 2. The van der Waals surface area contributed by atoms with Crippen LogP contribution in [-0.2, 0) is 4.79 Å². The number of rotatable bonds is 7. The number of carbonyl (C=O) groups excluding carboxylic acids is 1. The van der Waals surface area contributed by atoms with Gasteiger partial charge < -0.3 is 10.2 Å². The fourth-order valence-electron chi connectivity index (χ4n) is 6.07. The van der Waals surface area contributed by atoms with Crippen molar-refractivity contribution >= 4 is 22.9 Å². The number of aromatic amines is 1. The molecule has 190 valence electrons. The van der Waals surface area contributed by atoms with Crippen molar-refractivity contribution in [2.75, 3.05) is 26.2 Å². The van der Waals surface area contributed by atoms with Gasteiger partial charge in [0.05, 0.1) is 11.2 Å². The van der Waals surface area contributed by atoms with Gasteiger partial charge in [-0.05, 0) is 92.9 Å². The van der Waals surface area contributed by atoms with E-state index in [1.54, 1.807) is 6.08 Å². The fourth-order valence-corrected chi connectivity index (χ4v) is 6.07. The maximum Gasteiger partial charge on any atom is 0.244 e. The summed E-state index contributed by atoms with van der Waals surface area (Å²) < 4.78 is 13.5. The van der Waals surface area contributed by atoms with Gasteiger partial charge in [0.15, 0.2) is 0 Å². The summed E-state index contributed by atoms with van der Waals surface area (Å²) in [7, 11) is 0. The lowest BCUT2D eigenvalue weighted by atomic mass is 9.78. The lowest BCUT2D eigenvalue weighted by molar-refractivity contribution is -0.116. The highest BCUT2D eigenvalue weighted by molar-refractivity contribution is 5.91. The van der Waals surface area contributed by atoms with Crippen LogP contribution in [0.15, 0.2) is 48.5 Å². The highest BCUT2D eigenvalue weighted by Crippen LogP contribution is 2.34. The number of likely N-dealkylation sites (tertiary alicyclic amines) is 1. The zero-order chi connectivity index (χ0) is 24.9. The molecule has 3 aromatic rings. The van der Waals surface area contributed by atoms with Crippen LogP contribution in [0.2, 0.25) is 0 Å². The minimum Gasteiger partial charge on any atom is -0.352 e. The van der Waals surface area contributed by atoms with Crippen LogP contribution in [0.5, 0.6) is 0 Å². The van der Waals surface area contributed by atoms with Crippen molar-refractivity contribution in [1.29, 1.82) is 0 Å². The van der Waals surface area contributed by atoms with E-state index < -0.39 is 0 Å². The van der Waals surface area contributed by atoms with Crippen LogP contribution in [-0.4, -0.2) is 47.2 Å². The number of amides is 1. The van der Waals surface area contributed by atoms with E-state index in [1.807, 2.05) is 30.3 Å². The Kier molecular flexibility index (Phi) is 7.81. The quantitative estimate of drug-likeness (QED) is 0.412. The summed E-state index contributed by atoms with van der Waals surface area (Å²) in [6.45, 7) is 6.06. The molecule has 0 bridgehead atoms. The van der Waals surface area contributed by atoms with E-state index in [9.17, 15) is 9.18 Å². The highest BCUT2D eigenvalue weighted by Gasteiger charge is 2.30. The molecular weight excluding hydrogens is 451 g/mol. The van der Waals surface area contributed by atoms with Crippen molar-refractivity contribution in [3.05, 3.63) is 71.2 Å². The first-order valence-electron chi connectivity index (χ1n) is 13.4. The van der Waals surface area contributed by atoms with Gasteiger partial charge in [-0.3, -0.25) is 9.89 Å². The second-order valence-corrected chi connectivity index (χ2v) is 10.6. The molecule has 2 aliphatic rings. The molecule has 6 heteroatoms. The molecule has 1 aliphatic carbocycles. The molecule has 5 nitrogen and oxygen atoms in total. The average Bonchev–Trinajstić information content (AvgIpc) is 3.31. The summed E-state index contributed by atoms with van der Waals surface area (Å²) in [5, 5.41) is 11.8. The van der Waals surface area contributed by atoms with E-state index in [4.69, 9.17) is 0 Å². The first kappa shape index (κ1) is 24.7. The lowest BCUT2D eigenvalue weighted by Crippen LogP contribution is -2.42. The number of fused-ring (bicyclic) bond motifs is 1. The largest absolute Gasteiger partial charge is 0.352 e. The molecule has 2 fully saturated rings. The van der Waals surface area contributed by atoms with E-state index in [2.05, 4.69) is 33.4 Å². The molecule has 2 heterocycles. The zero-order valence-electron chi connectivity index (χ0n) is 21.2. The number of hydrogen-bond acceptors (Lipinski definition) is 3. The van der Waals surface area contributed by atoms with Gasteiger partial charge in [0, 0.05) is 30.5 Å². The molecule has 1 aromatic heterocycles. The third-order valence-electron chi connectivity index (χ3n) is 8.23. The molecule has 2 N–H and O–H groups in total. The Bertz CT molecular complexity index is 1210. The van der Waals surface area contributed by atoms with Gasteiger partial charge in [-0.15, -0.1) is 0 Å². The Morgan fingerprint density at radius 3 is 2.69 bits per heavy atom. The molecule has 1 saturated carbocycles. The minimum atomic E-state index is -0.229. The summed E-state index contributed by atoms with van der Waals surface area (Å²) in [6.07, 6.45) is 10.7. The summed E-state index contributed by atoms with van der Waals surface area (Å²) in [4.78, 5) is 15.1. The van der Waals surface area contributed by atoms with Gasteiger partial charge in [0.1, 0.15) is 5.82 Å². The highest BCUT2D eigenvalue weighted by atomic mass is 19.1. The Labute approximate surface area is 213 Å². The molecule has 0 radical (unpaired) electrons. The summed E-state index contributed by atoms with van der Waals surface area (Å²) >= 11 is 0. The average molecular weight is 489 g/mol. The Morgan fingerprint density at radius 1 is 1.11 bits per heavy atom. The van der Waals surface area contributed by atoms with Crippen LogP contribution in [0.3, 0.4) is 0 Å². The van der Waals surface area contributed by atoms with Gasteiger partial charge >= 0.3 is 0 Å². The number of piperidine rings is 1. The first-order chi connectivity index (χ1) is 17.6. The van der Waals surface area contributed by atoms with Gasteiger partial charge in [0.2, 0.25) is 5.91 Å². The number of benzene rings is 2. The van der Waals surface area contributed by atoms with Gasteiger partial charge in [-0.2, -0.15) is 5.10 Å². The molecule has 1 aliphatic heterocycles. The van der Waals surface area contributed by atoms with Crippen LogP contribution in [0.25, 0.3) is 17.0 Å². The summed E-state index contributed by atoms with van der Waals surface area (Å²) in [5.41, 5.74) is 4.13. The molecule has 0 spiro atoms. The van der Waals surface area contributed by atoms with Crippen LogP contribution >= 0.6 is 0 Å². The molecule has 2 atom stereocenters. The lowest BCUT2D eigenvalue weighted by Gasteiger charge is -2.38. The van der Waals surface area contributed by atoms with Crippen molar-refractivity contribution in [3.63, 3.8) is 0 Å². The topological polar surface area (TPSA) is 61.0 Å². The Balaban J connectivity index is 1.12. The van der Waals surface area contributed by atoms with E-state index in [-0.39, 0.29) is 11.7 Å². The molecule has 1 amide bonds. The summed E-state index contributed by atoms with van der Waals surface area (Å²) in [6, 6.07) is 13.0. The number of nitrogens with zero attached hydrogens (tertiary/aromatic N) is 2. The Hall–Kier alpha value is -2.99. The minimum absolute atomic E-state index is 0.00509. The molecule has 1 saturated heterocycles. The van der Waals surface area contributed by atoms with E-state index >= 15 is 0 Å². The second-order valence-electron chi connectivity index (χ2n) is 10.6. The van der Waals surface area contributed by atoms with E-state index in [0.29, 0.717) is 17.8 Å². The molecular formula is C30H37FN4O. The number of H-pyrrole nitrogens is 1. The monoisotopic (exact) mass is 488 g/mol. The zero-order valence-corrected chi connectivity index (χ0v) is 21.2. The van der Waals surface area contributed by atoms with Gasteiger partial charge in [-0.25, -0.2) is 4.39 Å². The normalized spacial score (nSPS) is 21.8. The number of halogens is 1. The third-order valence-corrected chi connectivity index (χ3v) is 8.23. The van der Waals surface area contributed by atoms with Crippen LogP contribution in [0, 0.1) is 24.6 Å². The number of carbonyl (C=O) groups is 1. The fraction of sp³-hybridized carbons (Fsp3) is 0.467. The molecule has 2 aromatic carbocycles. The van der Waals surface area contributed by atoms with E-state index in [1.165, 1.54) is 43.4 Å². The van der Waals surface area contributed by atoms with Crippen molar-refractivity contribution in [1.82, 2.24) is 20.4 Å². The maximum absolute atomic E-state index is 13.5. The smallest absolute Gasteiger partial charge is 0.244 e. The Morgan fingerprint density at radius 2 is 1.89 bits per heavy atom. The summed E-state index contributed by atoms with van der Waals surface area (Å²) in [5.74, 6) is 1.35. The molecule has 5 rings (SSSR count). The SMILES string of the molecule is Cc1ccccc1/C=C/C(=O)NC[C@@H]1CCCC[C@H]1CN1CCC(c2n[nH]c3cc(F)ccc23)CC1. The number of aryl methyl sites for hydroxylation is 1. The molecule has 0 unspecified atom stereocenters. The van der Waals surface area contributed by atoms with Crippen molar-refractivity contribution in [2.24, 2.45) is 11.8 Å². The van der Waals surface area contributed by atoms with Crippen molar-refractivity contribution < 1.29 is 9.18 Å². The molecule has 36 heavy (non-hydrogen) atoms. The first-order valence-corrected chi connectivity index (χ1v) is 13.4. The number of aromatic nitrogens is 2. The van der Waals surface area contributed by atoms with Crippen molar-refractivity contribution in [2.45, 2.75) is 51.4 Å². The maximum atomic E-state index is 13.5. The van der Waals surface area contributed by atoms with E-state index in [0.717, 1.165) is 61.2 Å². The second kappa shape index (κ2) is 11.4. The van der Waals surface area contributed by atoms with Crippen molar-refractivity contribution in [3.8, 4) is 0 Å². The van der Waals surface area contributed by atoms with Crippen LogP contribution < -0.4 is 5.32 Å². The van der Waals surface area contributed by atoms with Gasteiger partial charge in [-0.1, -0.05) is 37.1 Å². The van der Waals surface area contributed by atoms with Crippen LogP contribution in [0.1, 0.15) is 61.3 Å². The number of hydrogen-bond donors (Lipinski definition) is 2. The third kappa shape index (κ3) is 5.86. The predicted octanol–water partition coefficient (Wildman–Crippen LogP) is 5.83.